The van der Waals surface area contributed by atoms with Crippen molar-refractivity contribution in [1.29, 1.82) is 0 Å². The molecule has 0 unspecified atom stereocenters. The lowest BCUT2D eigenvalue weighted by Crippen LogP contribution is -1.97. The first-order valence-electron chi connectivity index (χ1n) is 3.60. The Kier molecular flexibility index (Phi) is 5.47. The number of isocyanates is 1. The van der Waals surface area contributed by atoms with Gasteiger partial charge >= 0.3 is 0 Å². The van der Waals surface area contributed by atoms with Crippen molar-refractivity contribution in [3.05, 3.63) is 40.2 Å². The number of rotatable bonds is 2. The van der Waals surface area contributed by atoms with E-state index >= 15 is 0 Å². The van der Waals surface area contributed by atoms with Crippen molar-refractivity contribution < 1.29 is 17.8 Å². The fourth-order valence-corrected chi connectivity index (χ4v) is 1.45. The van der Waals surface area contributed by atoms with Crippen LogP contribution >= 0.6 is 0 Å². The van der Waals surface area contributed by atoms with E-state index < -0.39 is 15.0 Å². The second-order valence-corrected chi connectivity index (χ2v) is 3.63. The zero-order chi connectivity index (χ0) is 12.6. The molecule has 0 saturated heterocycles. The van der Waals surface area contributed by atoms with Crippen LogP contribution in [0.25, 0.3) is 16.0 Å². The second-order valence-electron chi connectivity index (χ2n) is 2.24. The fraction of sp³-hybridized carbons (Fsp3) is 0. The Morgan fingerprint density at radius 2 is 1.81 bits per heavy atom. The van der Waals surface area contributed by atoms with Crippen LogP contribution in [0.3, 0.4) is 0 Å². The quantitative estimate of drug-likeness (QED) is 0.210. The van der Waals surface area contributed by atoms with Gasteiger partial charge in [0.15, 0.2) is 0 Å². The number of hydrogen-bond acceptors (Lipinski definition) is 4. The van der Waals surface area contributed by atoms with Crippen molar-refractivity contribution in [1.82, 2.24) is 0 Å². The molecule has 0 aliphatic carbocycles. The van der Waals surface area contributed by atoms with Crippen LogP contribution in [0.15, 0.2) is 34.2 Å². The van der Waals surface area contributed by atoms with Crippen LogP contribution in [-0.2, 0) is 14.9 Å². The molecular formula is C7H5N4O4S-. The Hall–Kier alpha value is -2.18. The molecule has 0 atom stereocenters. The molecule has 8 nitrogen and oxygen atoms in total. The van der Waals surface area contributed by atoms with Crippen molar-refractivity contribution in [2.45, 2.75) is 4.90 Å². The summed E-state index contributed by atoms with van der Waals surface area (Å²) in [6.45, 7) is 0. The molecule has 1 aromatic rings. The van der Waals surface area contributed by atoms with Gasteiger partial charge in [-0.15, -0.1) is 0 Å². The highest BCUT2D eigenvalue weighted by atomic mass is 32.2. The maximum Gasteiger partial charge on any atom is 0.296 e. The first-order valence-corrected chi connectivity index (χ1v) is 5.04. The van der Waals surface area contributed by atoms with Crippen molar-refractivity contribution in [2.24, 2.45) is 4.99 Å². The Balaban J connectivity index is 0.000000673. The molecule has 16 heavy (non-hydrogen) atoms. The smallest absolute Gasteiger partial charge is 0.296 e. The zero-order valence-electron chi connectivity index (χ0n) is 7.68. The van der Waals surface area contributed by atoms with Gasteiger partial charge < -0.3 is 11.1 Å². The van der Waals surface area contributed by atoms with E-state index in [0.29, 0.717) is 0 Å². The van der Waals surface area contributed by atoms with Crippen LogP contribution < -0.4 is 0 Å². The average molecular weight is 241 g/mol. The molecule has 0 amide bonds. The molecule has 0 aliphatic rings. The van der Waals surface area contributed by atoms with Crippen LogP contribution in [-0.4, -0.2) is 19.1 Å². The summed E-state index contributed by atoms with van der Waals surface area (Å²) in [4.78, 5) is 14.1. The van der Waals surface area contributed by atoms with E-state index in [1.54, 1.807) is 0 Å². The van der Waals surface area contributed by atoms with Crippen LogP contribution in [0.1, 0.15) is 0 Å². The summed E-state index contributed by atoms with van der Waals surface area (Å²) in [6.07, 6.45) is 1.20. The predicted molar refractivity (Wildman–Crippen MR) is 54.1 cm³/mol. The summed E-state index contributed by atoms with van der Waals surface area (Å²) in [5.74, 6) is 0. The molecule has 84 valence electrons. The highest BCUT2D eigenvalue weighted by Gasteiger charge is 2.13. The molecule has 0 fully saturated rings. The lowest BCUT2D eigenvalue weighted by molar-refractivity contribution is 0.483. The zero-order valence-corrected chi connectivity index (χ0v) is 8.49. The van der Waals surface area contributed by atoms with Gasteiger partial charge in [0.05, 0.1) is 5.69 Å². The molecule has 1 N–H and O–H groups in total. The van der Waals surface area contributed by atoms with E-state index in [2.05, 4.69) is 4.99 Å². The van der Waals surface area contributed by atoms with Crippen LogP contribution in [0.2, 0.25) is 0 Å². The minimum absolute atomic E-state index is 0.125. The first kappa shape index (κ1) is 13.8. The van der Waals surface area contributed by atoms with E-state index in [1.807, 2.05) is 0 Å². The normalized spacial score (nSPS) is 9.06. The minimum atomic E-state index is -4.33. The highest BCUT2D eigenvalue weighted by molar-refractivity contribution is 7.86. The van der Waals surface area contributed by atoms with Crippen LogP contribution in [0, 0.1) is 0 Å². The van der Waals surface area contributed by atoms with E-state index in [9.17, 15) is 13.2 Å². The number of carbonyl (C=O) groups excluding carboxylic acids is 1. The summed E-state index contributed by atoms with van der Waals surface area (Å²) in [5.41, 5.74) is 13.4. The van der Waals surface area contributed by atoms with Crippen LogP contribution in [0.4, 0.5) is 5.69 Å². The summed E-state index contributed by atoms with van der Waals surface area (Å²) in [7, 11) is -4.33. The highest BCUT2D eigenvalue weighted by Crippen LogP contribution is 2.22. The molecule has 9 heteroatoms. The van der Waals surface area contributed by atoms with Gasteiger partial charge in [0.2, 0.25) is 6.08 Å². The Labute approximate surface area is 90.4 Å². The Morgan fingerprint density at radius 3 is 2.25 bits per heavy atom. The third-order valence-electron chi connectivity index (χ3n) is 1.31. The summed E-state index contributed by atoms with van der Waals surface area (Å²) in [6, 6.07) is 5.33. The molecule has 0 radical (unpaired) electrons. The molecule has 0 saturated carbocycles. The summed E-state index contributed by atoms with van der Waals surface area (Å²) in [5, 5.41) is 0. The van der Waals surface area contributed by atoms with Crippen molar-refractivity contribution in [3.63, 3.8) is 0 Å². The van der Waals surface area contributed by atoms with Gasteiger partial charge in [0, 0.05) is 0 Å². The Bertz CT molecular complexity index is 541. The van der Waals surface area contributed by atoms with Crippen molar-refractivity contribution in [2.75, 3.05) is 0 Å². The van der Waals surface area contributed by atoms with Gasteiger partial charge in [-0.1, -0.05) is 12.1 Å². The summed E-state index contributed by atoms with van der Waals surface area (Å²) < 4.78 is 30.1. The van der Waals surface area contributed by atoms with Gasteiger partial charge in [-0.05, 0) is 12.1 Å². The summed E-state index contributed by atoms with van der Waals surface area (Å²) >= 11 is 0. The standard InChI is InChI=1S/C7H5NO4S.N3/c9-5-8-6-3-1-2-4-7(6)13(10,11)12;1-3-2/h1-4H,(H,10,11,12);/q;-1. The van der Waals surface area contributed by atoms with E-state index in [4.69, 9.17) is 15.6 Å². The van der Waals surface area contributed by atoms with Gasteiger partial charge in [0.25, 0.3) is 10.1 Å². The molecular weight excluding hydrogens is 236 g/mol. The number of benzene rings is 1. The Morgan fingerprint density at radius 1 is 1.31 bits per heavy atom. The number of aliphatic imine (C=N–C) groups is 1. The third-order valence-corrected chi connectivity index (χ3v) is 2.21. The third kappa shape index (κ3) is 4.36. The number of nitrogens with zero attached hydrogens (tertiary/aromatic N) is 4. The fourth-order valence-electron chi connectivity index (χ4n) is 0.817. The molecule has 0 aromatic heterocycles. The van der Waals surface area contributed by atoms with Gasteiger partial charge in [-0.25, -0.2) is 4.79 Å². The van der Waals surface area contributed by atoms with Gasteiger partial charge in [-0.3, -0.25) is 9.46 Å². The molecule has 0 bridgehead atoms. The maximum atomic E-state index is 10.7. The lowest BCUT2D eigenvalue weighted by Gasteiger charge is -1.98. The van der Waals surface area contributed by atoms with Crippen molar-refractivity contribution >= 4 is 21.9 Å². The lowest BCUT2D eigenvalue weighted by atomic mass is 10.3. The van der Waals surface area contributed by atoms with E-state index in [1.165, 1.54) is 29.2 Å². The van der Waals surface area contributed by atoms with E-state index in [-0.39, 0.29) is 5.69 Å². The number of para-hydroxylation sites is 1. The first-order chi connectivity index (χ1) is 7.47. The monoisotopic (exact) mass is 241 g/mol. The average Bonchev–Trinajstić information content (AvgIpc) is 2.18. The van der Waals surface area contributed by atoms with Crippen LogP contribution in [0.5, 0.6) is 0 Å². The largest absolute Gasteiger partial charge is 0.373 e. The molecule has 1 rings (SSSR count). The van der Waals surface area contributed by atoms with Gasteiger partial charge in [-0.2, -0.15) is 13.4 Å². The van der Waals surface area contributed by atoms with Gasteiger partial charge in [0.1, 0.15) is 4.90 Å². The topological polar surface area (TPSA) is 142 Å². The second kappa shape index (κ2) is 6.33. The maximum absolute atomic E-state index is 10.7. The predicted octanol–water partition coefficient (Wildman–Crippen LogP) is 1.77. The molecule has 1 aromatic carbocycles. The minimum Gasteiger partial charge on any atom is -0.373 e. The van der Waals surface area contributed by atoms with E-state index in [0.717, 1.165) is 6.07 Å². The number of hydrogen-bond donors (Lipinski definition) is 1. The molecule has 0 spiro atoms. The molecule has 0 aliphatic heterocycles. The molecule has 0 heterocycles. The van der Waals surface area contributed by atoms with Crippen molar-refractivity contribution in [3.8, 4) is 0 Å². The SMILES string of the molecule is O=C=Nc1ccccc1S(=O)(=O)O.[N-]=[N+]=[N-].